The molecule has 2 aliphatic rings. The number of methoxy groups -OCH3 is 1. The van der Waals surface area contributed by atoms with E-state index in [1.165, 1.54) is 11.0 Å². The van der Waals surface area contributed by atoms with Crippen molar-refractivity contribution in [1.82, 2.24) is 20.1 Å². The van der Waals surface area contributed by atoms with Crippen LogP contribution in [0.1, 0.15) is 78.0 Å². The minimum atomic E-state index is -4.61. The standard InChI is InChI=1S/C32H38F3N7O2/c1-20(6-9-36)39-23-10-21(12-25(44-4)16-29-40-38-19-41(29)3)11-24(15-23)42-18-27-26(30(42)43)13-22(14-28(27)32(33,34)35)17-37-31(2)7-5-8-31/h10-11,13-15,19-20,25,37,39H,5-8,12,16-18H2,1-4H3/t20-,25+/m1/s1. The van der Waals surface area contributed by atoms with Gasteiger partial charge in [-0.2, -0.15) is 18.4 Å². The van der Waals surface area contributed by atoms with Gasteiger partial charge in [0.15, 0.2) is 0 Å². The Morgan fingerprint density at radius 3 is 2.55 bits per heavy atom. The first-order valence-corrected chi connectivity index (χ1v) is 14.8. The van der Waals surface area contributed by atoms with E-state index >= 15 is 0 Å². The summed E-state index contributed by atoms with van der Waals surface area (Å²) in [5.74, 6) is 0.271. The summed E-state index contributed by atoms with van der Waals surface area (Å²) in [6, 6.07) is 10.2. The number of alkyl halides is 3. The Kier molecular flexibility index (Phi) is 9.00. The van der Waals surface area contributed by atoms with Gasteiger partial charge in [-0.05, 0) is 86.6 Å². The van der Waals surface area contributed by atoms with Gasteiger partial charge >= 0.3 is 6.18 Å². The highest BCUT2D eigenvalue weighted by Crippen LogP contribution is 2.40. The Hall–Kier alpha value is -3.95. The number of rotatable bonds is 12. The molecule has 5 rings (SSSR count). The highest BCUT2D eigenvalue weighted by Gasteiger charge is 2.41. The van der Waals surface area contributed by atoms with Crippen molar-refractivity contribution in [2.75, 3.05) is 17.3 Å². The molecule has 0 bridgehead atoms. The number of hydrogen-bond acceptors (Lipinski definition) is 7. The van der Waals surface area contributed by atoms with Crippen molar-refractivity contribution in [1.29, 1.82) is 5.26 Å². The maximum atomic E-state index is 14.3. The van der Waals surface area contributed by atoms with Crippen LogP contribution in [0.4, 0.5) is 24.5 Å². The van der Waals surface area contributed by atoms with E-state index in [2.05, 4.69) is 33.8 Å². The van der Waals surface area contributed by atoms with Crippen LogP contribution in [0.15, 0.2) is 36.7 Å². The van der Waals surface area contributed by atoms with Crippen LogP contribution in [0.25, 0.3) is 0 Å². The van der Waals surface area contributed by atoms with Gasteiger partial charge in [-0.15, -0.1) is 10.2 Å². The maximum Gasteiger partial charge on any atom is 0.416 e. The van der Waals surface area contributed by atoms with E-state index in [1.807, 2.05) is 30.7 Å². The van der Waals surface area contributed by atoms with Gasteiger partial charge in [0.1, 0.15) is 12.2 Å². The van der Waals surface area contributed by atoms with E-state index in [0.29, 0.717) is 29.8 Å². The van der Waals surface area contributed by atoms with Gasteiger partial charge in [0.05, 0.1) is 30.7 Å². The first-order chi connectivity index (χ1) is 20.9. The summed E-state index contributed by atoms with van der Waals surface area (Å²) in [6.45, 7) is 3.99. The van der Waals surface area contributed by atoms with E-state index in [1.54, 1.807) is 25.6 Å². The second-order valence-electron chi connectivity index (χ2n) is 12.2. The lowest BCUT2D eigenvalue weighted by molar-refractivity contribution is -0.138. The molecule has 1 aromatic heterocycles. The number of amides is 1. The SMILES string of the molecule is CO[C@@H](Cc1cc(N[C@H](C)CC#N)cc(N2Cc3c(cc(CNC4(C)CCC4)cc3C(F)(F)F)C2=O)c1)Cc1nncn1C. The topological polar surface area (TPSA) is 108 Å². The zero-order chi connectivity index (χ0) is 31.6. The molecule has 0 saturated heterocycles. The first kappa shape index (κ1) is 31.5. The molecule has 2 heterocycles. The smallest absolute Gasteiger partial charge is 0.381 e. The molecule has 2 N–H and O–H groups in total. The van der Waals surface area contributed by atoms with Crippen molar-refractivity contribution in [3.63, 3.8) is 0 Å². The van der Waals surface area contributed by atoms with Gasteiger partial charge in [0.25, 0.3) is 5.91 Å². The summed E-state index contributed by atoms with van der Waals surface area (Å²) < 4.78 is 50.6. The number of carbonyl (C=O) groups excluding carboxylic acids is 1. The Morgan fingerprint density at radius 2 is 1.93 bits per heavy atom. The number of ether oxygens (including phenoxy) is 1. The number of aromatic nitrogens is 3. The van der Waals surface area contributed by atoms with E-state index < -0.39 is 17.6 Å². The van der Waals surface area contributed by atoms with Crippen LogP contribution in [0.5, 0.6) is 0 Å². The van der Waals surface area contributed by atoms with Crippen LogP contribution >= 0.6 is 0 Å². The maximum absolute atomic E-state index is 14.3. The molecule has 234 valence electrons. The van der Waals surface area contributed by atoms with E-state index in [-0.39, 0.29) is 48.3 Å². The van der Waals surface area contributed by atoms with Crippen LogP contribution in [0.2, 0.25) is 0 Å². The van der Waals surface area contributed by atoms with Gasteiger partial charge in [-0.3, -0.25) is 4.79 Å². The normalized spacial score (nSPS) is 17.1. The summed E-state index contributed by atoms with van der Waals surface area (Å²) in [5, 5.41) is 23.9. The average Bonchev–Trinajstić information content (AvgIpc) is 3.51. The number of benzene rings is 2. The van der Waals surface area contributed by atoms with Crippen LogP contribution in [-0.2, 0) is 43.9 Å². The summed E-state index contributed by atoms with van der Waals surface area (Å²) in [6.07, 6.45) is 0.966. The number of fused-ring (bicyclic) bond motifs is 1. The fraction of sp³-hybridized carbons (Fsp3) is 0.500. The summed E-state index contributed by atoms with van der Waals surface area (Å²) in [4.78, 5) is 15.2. The summed E-state index contributed by atoms with van der Waals surface area (Å²) >= 11 is 0. The number of nitrogens with one attached hydrogen (secondary N) is 2. The minimum absolute atomic E-state index is 0.0177. The monoisotopic (exact) mass is 609 g/mol. The Labute approximate surface area is 255 Å². The fourth-order valence-corrected chi connectivity index (χ4v) is 5.93. The molecule has 0 spiro atoms. The van der Waals surface area contributed by atoms with Gasteiger partial charge in [0.2, 0.25) is 0 Å². The van der Waals surface area contributed by atoms with Gasteiger partial charge in [0, 0.05) is 55.6 Å². The van der Waals surface area contributed by atoms with Gasteiger partial charge < -0.3 is 24.8 Å². The lowest BCUT2D eigenvalue weighted by Gasteiger charge is -2.39. The largest absolute Gasteiger partial charge is 0.416 e. The molecule has 44 heavy (non-hydrogen) atoms. The quantitative estimate of drug-likeness (QED) is 0.278. The van der Waals surface area contributed by atoms with Crippen LogP contribution in [0, 0.1) is 11.3 Å². The third kappa shape index (κ3) is 6.89. The molecule has 0 radical (unpaired) electrons. The molecular weight excluding hydrogens is 571 g/mol. The lowest BCUT2D eigenvalue weighted by atomic mass is 9.78. The summed E-state index contributed by atoms with van der Waals surface area (Å²) in [7, 11) is 3.46. The van der Waals surface area contributed by atoms with Crippen molar-refractivity contribution < 1.29 is 22.7 Å². The molecule has 1 aliphatic heterocycles. The predicted octanol–water partition coefficient (Wildman–Crippen LogP) is 5.54. The lowest BCUT2D eigenvalue weighted by Crippen LogP contribution is -2.47. The van der Waals surface area contributed by atoms with Crippen LogP contribution in [-0.4, -0.2) is 45.5 Å². The third-order valence-corrected chi connectivity index (χ3v) is 8.70. The Bertz CT molecular complexity index is 1560. The third-order valence-electron chi connectivity index (χ3n) is 8.70. The molecule has 1 saturated carbocycles. The summed E-state index contributed by atoms with van der Waals surface area (Å²) in [5.41, 5.74) is 1.58. The fourth-order valence-electron chi connectivity index (χ4n) is 5.93. The van der Waals surface area contributed by atoms with E-state index in [0.717, 1.165) is 30.7 Å². The average molecular weight is 610 g/mol. The predicted molar refractivity (Wildman–Crippen MR) is 160 cm³/mol. The molecule has 2 atom stereocenters. The molecule has 3 aromatic rings. The number of nitrogens with zero attached hydrogens (tertiary/aromatic N) is 5. The van der Waals surface area contributed by atoms with E-state index in [9.17, 15) is 23.2 Å². The van der Waals surface area contributed by atoms with E-state index in [4.69, 9.17) is 4.74 Å². The van der Waals surface area contributed by atoms with Gasteiger partial charge in [-0.25, -0.2) is 0 Å². The second-order valence-corrected chi connectivity index (χ2v) is 12.2. The van der Waals surface area contributed by atoms with Crippen LogP contribution in [0.3, 0.4) is 0 Å². The zero-order valence-electron chi connectivity index (χ0n) is 25.5. The number of anilines is 2. The Balaban J connectivity index is 1.47. The molecule has 0 unspecified atom stereocenters. The van der Waals surface area contributed by atoms with Crippen molar-refractivity contribution in [3.8, 4) is 6.07 Å². The minimum Gasteiger partial charge on any atom is -0.381 e. The highest BCUT2D eigenvalue weighted by molar-refractivity contribution is 6.10. The van der Waals surface area contributed by atoms with Crippen molar-refractivity contribution in [2.24, 2.45) is 7.05 Å². The molecule has 9 nitrogen and oxygen atoms in total. The number of nitriles is 1. The van der Waals surface area contributed by atoms with Crippen molar-refractivity contribution >= 4 is 17.3 Å². The van der Waals surface area contributed by atoms with Crippen LogP contribution < -0.4 is 15.5 Å². The number of carbonyl (C=O) groups is 1. The first-order valence-electron chi connectivity index (χ1n) is 14.8. The number of halogens is 3. The molecule has 1 fully saturated rings. The molecule has 1 amide bonds. The van der Waals surface area contributed by atoms with Crippen molar-refractivity contribution in [2.45, 2.75) is 89.3 Å². The molecule has 12 heteroatoms. The number of aryl methyl sites for hydroxylation is 1. The number of hydrogen-bond donors (Lipinski definition) is 2. The second kappa shape index (κ2) is 12.6. The molecular formula is C32H38F3N7O2. The molecule has 1 aliphatic carbocycles. The van der Waals surface area contributed by atoms with Gasteiger partial charge in [-0.1, -0.05) is 0 Å². The van der Waals surface area contributed by atoms with Crippen molar-refractivity contribution in [3.05, 3.63) is 70.3 Å². The zero-order valence-corrected chi connectivity index (χ0v) is 25.5. The Morgan fingerprint density at radius 1 is 1.16 bits per heavy atom. The molecule has 2 aromatic carbocycles. The highest BCUT2D eigenvalue weighted by atomic mass is 19.4.